The van der Waals surface area contributed by atoms with E-state index < -0.39 is 0 Å². The van der Waals surface area contributed by atoms with E-state index in [1.807, 2.05) is 20.8 Å². The van der Waals surface area contributed by atoms with Gasteiger partial charge in [-0.25, -0.2) is 4.98 Å². The first-order valence-electron chi connectivity index (χ1n) is 9.43. The number of rotatable bonds is 12. The molecule has 0 unspecified atom stereocenters. The number of hydrogen-bond acceptors (Lipinski definition) is 4. The monoisotopic (exact) mass is 350 g/mol. The average Bonchev–Trinajstić information content (AvgIpc) is 2.57. The number of pyridine rings is 1. The van der Waals surface area contributed by atoms with Crippen LogP contribution >= 0.6 is 0 Å². The Hall–Kier alpha value is -1.62. The molecule has 1 aromatic heterocycles. The maximum absolute atomic E-state index is 12.0. The molecule has 0 spiro atoms. The smallest absolute Gasteiger partial charge is 0.252 e. The Labute approximate surface area is 152 Å². The fraction of sp³-hybridized carbons (Fsp3) is 0.700. The van der Waals surface area contributed by atoms with Gasteiger partial charge in [0.25, 0.3) is 5.91 Å². The summed E-state index contributed by atoms with van der Waals surface area (Å²) in [4.78, 5) is 16.2. The molecule has 0 aromatic carbocycles. The number of aromatic nitrogens is 1. The maximum Gasteiger partial charge on any atom is 0.252 e. The largest absolute Gasteiger partial charge is 0.475 e. The van der Waals surface area contributed by atoms with Crippen molar-refractivity contribution in [2.45, 2.75) is 71.8 Å². The lowest BCUT2D eigenvalue weighted by atomic mass is 10.1. The molecule has 0 saturated carbocycles. The van der Waals surface area contributed by atoms with Gasteiger partial charge in [-0.3, -0.25) is 4.79 Å². The van der Waals surface area contributed by atoms with Crippen molar-refractivity contribution >= 4 is 5.91 Å². The summed E-state index contributed by atoms with van der Waals surface area (Å²) >= 11 is 0. The average molecular weight is 351 g/mol. The highest BCUT2D eigenvalue weighted by molar-refractivity contribution is 5.93. The molecule has 1 rings (SSSR count). The van der Waals surface area contributed by atoms with Crippen LogP contribution in [0.2, 0.25) is 0 Å². The highest BCUT2D eigenvalue weighted by Gasteiger charge is 2.10. The molecule has 1 heterocycles. The molecule has 142 valence electrons. The second-order valence-corrected chi connectivity index (χ2v) is 7.22. The molecule has 1 N–H and O–H groups in total. The summed E-state index contributed by atoms with van der Waals surface area (Å²) in [6.07, 6.45) is 8.84. The van der Waals surface area contributed by atoms with Crippen LogP contribution in [-0.2, 0) is 4.74 Å². The molecule has 5 heteroatoms. The third kappa shape index (κ3) is 10.8. The van der Waals surface area contributed by atoms with Crippen LogP contribution in [0.25, 0.3) is 0 Å². The Kier molecular flexibility index (Phi) is 10.2. The Morgan fingerprint density at radius 3 is 2.44 bits per heavy atom. The van der Waals surface area contributed by atoms with Crippen molar-refractivity contribution in [3.8, 4) is 5.88 Å². The highest BCUT2D eigenvalue weighted by atomic mass is 16.5. The van der Waals surface area contributed by atoms with Crippen LogP contribution in [-0.4, -0.2) is 36.3 Å². The number of unbranched alkanes of at least 4 members (excludes halogenated alkanes) is 5. The predicted octanol–water partition coefficient (Wildman–Crippen LogP) is 4.37. The lowest BCUT2D eigenvalue weighted by Crippen LogP contribution is -2.24. The van der Waals surface area contributed by atoms with Crippen LogP contribution in [0.15, 0.2) is 18.3 Å². The second-order valence-electron chi connectivity index (χ2n) is 7.22. The molecule has 0 radical (unpaired) electrons. The van der Waals surface area contributed by atoms with Crippen molar-refractivity contribution in [3.63, 3.8) is 0 Å². The predicted molar refractivity (Wildman–Crippen MR) is 101 cm³/mol. The van der Waals surface area contributed by atoms with Crippen molar-refractivity contribution in [1.82, 2.24) is 10.3 Å². The van der Waals surface area contributed by atoms with E-state index in [2.05, 4.69) is 17.2 Å². The zero-order chi connectivity index (χ0) is 18.5. The van der Waals surface area contributed by atoms with Gasteiger partial charge in [-0.2, -0.15) is 0 Å². The standard InChI is InChI=1S/C20H34N2O3/c1-5-6-7-8-9-10-13-21-19(23)17-11-12-18(22-16-17)24-14-15-25-20(2,3)4/h11-12,16H,5-10,13-15H2,1-4H3,(H,21,23). The van der Waals surface area contributed by atoms with Gasteiger partial charge in [0.15, 0.2) is 0 Å². The normalized spacial score (nSPS) is 11.4. The van der Waals surface area contributed by atoms with Crippen molar-refractivity contribution in [1.29, 1.82) is 0 Å². The minimum Gasteiger partial charge on any atom is -0.475 e. The number of carbonyl (C=O) groups is 1. The molecule has 1 amide bonds. The number of ether oxygens (including phenoxy) is 2. The summed E-state index contributed by atoms with van der Waals surface area (Å²) in [5.74, 6) is 0.425. The molecule has 0 bridgehead atoms. The summed E-state index contributed by atoms with van der Waals surface area (Å²) in [6, 6.07) is 3.46. The van der Waals surface area contributed by atoms with Crippen molar-refractivity contribution < 1.29 is 14.3 Å². The Morgan fingerprint density at radius 1 is 1.08 bits per heavy atom. The zero-order valence-corrected chi connectivity index (χ0v) is 16.3. The molecule has 0 saturated heterocycles. The van der Waals surface area contributed by atoms with E-state index in [-0.39, 0.29) is 11.5 Å². The van der Waals surface area contributed by atoms with Crippen LogP contribution < -0.4 is 10.1 Å². The lowest BCUT2D eigenvalue weighted by Gasteiger charge is -2.19. The number of nitrogens with one attached hydrogen (secondary N) is 1. The molecule has 0 fully saturated rings. The van der Waals surface area contributed by atoms with E-state index in [0.717, 1.165) is 6.42 Å². The van der Waals surface area contributed by atoms with Crippen molar-refractivity contribution in [2.24, 2.45) is 0 Å². The maximum atomic E-state index is 12.0. The second kappa shape index (κ2) is 11.9. The van der Waals surface area contributed by atoms with Crippen LogP contribution in [0.4, 0.5) is 0 Å². The lowest BCUT2D eigenvalue weighted by molar-refractivity contribution is -0.0168. The van der Waals surface area contributed by atoms with E-state index in [1.54, 1.807) is 18.3 Å². The third-order valence-electron chi connectivity index (χ3n) is 3.68. The first kappa shape index (κ1) is 21.4. The molecule has 0 aliphatic heterocycles. The van der Waals surface area contributed by atoms with E-state index in [9.17, 15) is 4.79 Å². The molecule has 25 heavy (non-hydrogen) atoms. The molecule has 0 atom stereocenters. The molecular formula is C20H34N2O3. The first-order chi connectivity index (χ1) is 11.9. The number of nitrogens with zero attached hydrogens (tertiary/aromatic N) is 1. The minimum absolute atomic E-state index is 0.0799. The van der Waals surface area contributed by atoms with Crippen molar-refractivity contribution in [3.05, 3.63) is 23.9 Å². The summed E-state index contributed by atoms with van der Waals surface area (Å²) < 4.78 is 11.1. The molecule has 0 aliphatic rings. The van der Waals surface area contributed by atoms with Crippen molar-refractivity contribution in [2.75, 3.05) is 19.8 Å². The topological polar surface area (TPSA) is 60.5 Å². The fourth-order valence-corrected chi connectivity index (χ4v) is 2.30. The van der Waals surface area contributed by atoms with Gasteiger partial charge in [-0.1, -0.05) is 39.0 Å². The van der Waals surface area contributed by atoms with Gasteiger partial charge in [0.1, 0.15) is 6.61 Å². The van der Waals surface area contributed by atoms with Crippen LogP contribution in [0.3, 0.4) is 0 Å². The summed E-state index contributed by atoms with van der Waals surface area (Å²) in [5, 5.41) is 2.94. The Balaban J connectivity index is 2.20. The quantitative estimate of drug-likeness (QED) is 0.569. The Morgan fingerprint density at radius 2 is 1.80 bits per heavy atom. The number of carbonyl (C=O) groups excluding carboxylic acids is 1. The van der Waals surface area contributed by atoms with Gasteiger partial charge in [-0.15, -0.1) is 0 Å². The SMILES string of the molecule is CCCCCCCCNC(=O)c1ccc(OCCOC(C)(C)C)nc1. The van der Waals surface area contributed by atoms with Crippen LogP contribution in [0.1, 0.15) is 76.6 Å². The van der Waals surface area contributed by atoms with E-state index >= 15 is 0 Å². The highest BCUT2D eigenvalue weighted by Crippen LogP contribution is 2.10. The molecular weight excluding hydrogens is 316 g/mol. The summed E-state index contributed by atoms with van der Waals surface area (Å²) in [5.41, 5.74) is 0.388. The molecule has 0 aliphatic carbocycles. The van der Waals surface area contributed by atoms with Gasteiger partial charge >= 0.3 is 0 Å². The Bertz CT molecular complexity index is 481. The minimum atomic E-state index is -0.172. The third-order valence-corrected chi connectivity index (χ3v) is 3.68. The number of hydrogen-bond donors (Lipinski definition) is 1. The number of amides is 1. The van der Waals surface area contributed by atoms with Crippen LogP contribution in [0.5, 0.6) is 5.88 Å². The van der Waals surface area contributed by atoms with Gasteiger partial charge in [0.05, 0.1) is 17.8 Å². The summed E-state index contributed by atoms with van der Waals surface area (Å²) in [6.45, 7) is 9.88. The van der Waals surface area contributed by atoms with E-state index in [4.69, 9.17) is 9.47 Å². The first-order valence-corrected chi connectivity index (χ1v) is 9.43. The van der Waals surface area contributed by atoms with Gasteiger partial charge < -0.3 is 14.8 Å². The molecule has 1 aromatic rings. The molecule has 5 nitrogen and oxygen atoms in total. The summed E-state index contributed by atoms with van der Waals surface area (Å²) in [7, 11) is 0. The van der Waals surface area contributed by atoms with E-state index in [0.29, 0.717) is 31.2 Å². The van der Waals surface area contributed by atoms with Crippen LogP contribution in [0, 0.1) is 0 Å². The van der Waals surface area contributed by atoms with Gasteiger partial charge in [0.2, 0.25) is 5.88 Å². The van der Waals surface area contributed by atoms with Gasteiger partial charge in [-0.05, 0) is 33.3 Å². The zero-order valence-electron chi connectivity index (χ0n) is 16.3. The van der Waals surface area contributed by atoms with E-state index in [1.165, 1.54) is 32.1 Å². The van der Waals surface area contributed by atoms with Gasteiger partial charge in [0, 0.05) is 18.8 Å². The fourth-order valence-electron chi connectivity index (χ4n) is 2.30.